The van der Waals surface area contributed by atoms with Crippen molar-refractivity contribution in [2.75, 3.05) is 0 Å². The standard InChI is InChI=1S/C10H19NO/c1-7(2)11-8-3-4-9(11)6-10(12)5-8/h7-10,12H,3-6H2,1-2H3/t8-,9?,10?/m1/s1. The van der Waals surface area contributed by atoms with Crippen molar-refractivity contribution < 1.29 is 5.11 Å². The monoisotopic (exact) mass is 169 g/mol. The summed E-state index contributed by atoms with van der Waals surface area (Å²) in [5, 5.41) is 9.56. The van der Waals surface area contributed by atoms with Gasteiger partial charge in [0, 0.05) is 18.1 Å². The molecule has 2 nitrogen and oxygen atoms in total. The van der Waals surface area contributed by atoms with E-state index in [0.717, 1.165) is 12.8 Å². The number of aliphatic hydroxyl groups excluding tert-OH is 1. The summed E-state index contributed by atoms with van der Waals surface area (Å²) in [6.45, 7) is 4.53. The van der Waals surface area contributed by atoms with Gasteiger partial charge in [-0.15, -0.1) is 0 Å². The van der Waals surface area contributed by atoms with Crippen LogP contribution in [0.1, 0.15) is 39.5 Å². The van der Waals surface area contributed by atoms with Crippen molar-refractivity contribution in [3.05, 3.63) is 0 Å². The molecule has 0 aromatic carbocycles. The first-order valence-electron chi connectivity index (χ1n) is 5.14. The fourth-order valence-electron chi connectivity index (χ4n) is 3.03. The second-order valence-corrected chi connectivity index (χ2v) is 4.55. The zero-order valence-electron chi connectivity index (χ0n) is 8.03. The first-order valence-corrected chi connectivity index (χ1v) is 5.14. The summed E-state index contributed by atoms with van der Waals surface area (Å²) in [4.78, 5) is 2.60. The Hall–Kier alpha value is -0.0800. The molecule has 12 heavy (non-hydrogen) atoms. The fourth-order valence-corrected chi connectivity index (χ4v) is 3.03. The molecule has 2 rings (SSSR count). The summed E-state index contributed by atoms with van der Waals surface area (Å²) in [6, 6.07) is 2.02. The fraction of sp³-hybridized carbons (Fsp3) is 1.00. The van der Waals surface area contributed by atoms with Crippen LogP contribution in [0.5, 0.6) is 0 Å². The SMILES string of the molecule is CC(C)N1C2CC[C@@H]1CC(O)C2. The van der Waals surface area contributed by atoms with E-state index in [4.69, 9.17) is 0 Å². The van der Waals surface area contributed by atoms with Gasteiger partial charge in [-0.05, 0) is 39.5 Å². The molecule has 2 heterocycles. The lowest BCUT2D eigenvalue weighted by Gasteiger charge is -2.39. The Morgan fingerprint density at radius 3 is 2.08 bits per heavy atom. The quantitative estimate of drug-likeness (QED) is 0.641. The van der Waals surface area contributed by atoms with E-state index >= 15 is 0 Å². The minimum absolute atomic E-state index is 0.0162. The number of hydrogen-bond acceptors (Lipinski definition) is 2. The second kappa shape index (κ2) is 3.00. The molecule has 2 aliphatic heterocycles. The van der Waals surface area contributed by atoms with Crippen LogP contribution in [0.4, 0.5) is 0 Å². The average molecular weight is 169 g/mol. The third-order valence-electron chi connectivity index (χ3n) is 3.36. The lowest BCUT2D eigenvalue weighted by molar-refractivity contribution is 0.0187. The van der Waals surface area contributed by atoms with Crippen molar-refractivity contribution in [2.45, 2.75) is 63.8 Å². The van der Waals surface area contributed by atoms with Crippen LogP contribution in [0, 0.1) is 0 Å². The highest BCUT2D eigenvalue weighted by atomic mass is 16.3. The summed E-state index contributed by atoms with van der Waals surface area (Å²) in [5.74, 6) is 0. The Labute approximate surface area is 74.6 Å². The number of aliphatic hydroxyl groups is 1. The maximum absolute atomic E-state index is 9.56. The first-order chi connectivity index (χ1) is 5.68. The van der Waals surface area contributed by atoms with Gasteiger partial charge in [-0.25, -0.2) is 0 Å². The van der Waals surface area contributed by atoms with Crippen molar-refractivity contribution in [3.8, 4) is 0 Å². The van der Waals surface area contributed by atoms with Gasteiger partial charge in [0.15, 0.2) is 0 Å². The van der Waals surface area contributed by atoms with Crippen molar-refractivity contribution >= 4 is 0 Å². The summed E-state index contributed by atoms with van der Waals surface area (Å²) in [5.41, 5.74) is 0. The normalized spacial score (nSPS) is 42.5. The van der Waals surface area contributed by atoms with E-state index < -0.39 is 0 Å². The summed E-state index contributed by atoms with van der Waals surface area (Å²) in [6.07, 6.45) is 4.61. The molecule has 0 saturated carbocycles. The van der Waals surface area contributed by atoms with Crippen LogP contribution in [-0.2, 0) is 0 Å². The number of piperidine rings is 1. The van der Waals surface area contributed by atoms with Crippen molar-refractivity contribution in [1.29, 1.82) is 0 Å². The van der Waals surface area contributed by atoms with E-state index in [9.17, 15) is 5.11 Å². The van der Waals surface area contributed by atoms with Crippen LogP contribution in [0.3, 0.4) is 0 Å². The van der Waals surface area contributed by atoms with Crippen molar-refractivity contribution in [3.63, 3.8) is 0 Å². The molecule has 0 aliphatic carbocycles. The highest BCUT2D eigenvalue weighted by Gasteiger charge is 2.40. The first kappa shape index (κ1) is 8.52. The highest BCUT2D eigenvalue weighted by Crippen LogP contribution is 2.36. The van der Waals surface area contributed by atoms with Crippen LogP contribution in [0.25, 0.3) is 0 Å². The molecule has 0 aromatic rings. The molecule has 2 unspecified atom stereocenters. The Balaban J connectivity index is 2.09. The third kappa shape index (κ3) is 1.27. The third-order valence-corrected chi connectivity index (χ3v) is 3.36. The van der Waals surface area contributed by atoms with E-state index in [-0.39, 0.29) is 6.10 Å². The largest absolute Gasteiger partial charge is 0.393 e. The Bertz CT molecular complexity index is 155. The summed E-state index contributed by atoms with van der Waals surface area (Å²) >= 11 is 0. The van der Waals surface area contributed by atoms with Gasteiger partial charge in [0.2, 0.25) is 0 Å². The van der Waals surface area contributed by atoms with E-state index in [1.807, 2.05) is 0 Å². The van der Waals surface area contributed by atoms with E-state index in [2.05, 4.69) is 18.7 Å². The minimum atomic E-state index is -0.0162. The number of fused-ring (bicyclic) bond motifs is 2. The van der Waals surface area contributed by atoms with Crippen LogP contribution in [0.2, 0.25) is 0 Å². The zero-order chi connectivity index (χ0) is 8.72. The van der Waals surface area contributed by atoms with Gasteiger partial charge in [-0.2, -0.15) is 0 Å². The molecule has 0 aromatic heterocycles. The Morgan fingerprint density at radius 1 is 1.17 bits per heavy atom. The molecule has 2 bridgehead atoms. The Morgan fingerprint density at radius 2 is 1.67 bits per heavy atom. The van der Waals surface area contributed by atoms with Crippen LogP contribution in [0.15, 0.2) is 0 Å². The van der Waals surface area contributed by atoms with Crippen LogP contribution < -0.4 is 0 Å². The molecule has 2 saturated heterocycles. The van der Waals surface area contributed by atoms with Gasteiger partial charge >= 0.3 is 0 Å². The van der Waals surface area contributed by atoms with E-state index in [1.54, 1.807) is 0 Å². The predicted molar refractivity (Wildman–Crippen MR) is 49.0 cm³/mol. The van der Waals surface area contributed by atoms with Gasteiger partial charge in [-0.1, -0.05) is 0 Å². The number of rotatable bonds is 1. The maximum atomic E-state index is 9.56. The molecule has 2 aliphatic rings. The zero-order valence-corrected chi connectivity index (χ0v) is 8.03. The van der Waals surface area contributed by atoms with Gasteiger partial charge in [0.25, 0.3) is 0 Å². The second-order valence-electron chi connectivity index (χ2n) is 4.55. The minimum Gasteiger partial charge on any atom is -0.393 e. The average Bonchev–Trinajstić information content (AvgIpc) is 2.24. The smallest absolute Gasteiger partial charge is 0.0570 e. The maximum Gasteiger partial charge on any atom is 0.0570 e. The van der Waals surface area contributed by atoms with E-state index in [0.29, 0.717) is 18.1 Å². The Kier molecular flexibility index (Phi) is 2.13. The number of hydrogen-bond donors (Lipinski definition) is 1. The van der Waals surface area contributed by atoms with Crippen molar-refractivity contribution in [2.24, 2.45) is 0 Å². The molecule has 0 radical (unpaired) electrons. The molecule has 2 heteroatoms. The van der Waals surface area contributed by atoms with Gasteiger partial charge in [0.1, 0.15) is 0 Å². The van der Waals surface area contributed by atoms with Crippen LogP contribution >= 0.6 is 0 Å². The summed E-state index contributed by atoms with van der Waals surface area (Å²) in [7, 11) is 0. The van der Waals surface area contributed by atoms with E-state index in [1.165, 1.54) is 12.8 Å². The lowest BCUT2D eigenvalue weighted by Crippen LogP contribution is -2.48. The van der Waals surface area contributed by atoms with Gasteiger partial charge in [-0.3, -0.25) is 4.90 Å². The molecule has 70 valence electrons. The predicted octanol–water partition coefficient (Wildman–Crippen LogP) is 1.38. The van der Waals surface area contributed by atoms with Gasteiger partial charge in [0.05, 0.1) is 6.10 Å². The molecular weight excluding hydrogens is 150 g/mol. The molecule has 3 atom stereocenters. The number of nitrogens with zero attached hydrogens (tertiary/aromatic N) is 1. The van der Waals surface area contributed by atoms with Crippen molar-refractivity contribution in [1.82, 2.24) is 4.90 Å². The van der Waals surface area contributed by atoms with Gasteiger partial charge < -0.3 is 5.11 Å². The lowest BCUT2D eigenvalue weighted by atomic mass is 9.98. The molecule has 0 spiro atoms. The topological polar surface area (TPSA) is 23.5 Å². The molecular formula is C10H19NO. The molecule has 2 fully saturated rings. The summed E-state index contributed by atoms with van der Waals surface area (Å²) < 4.78 is 0. The highest BCUT2D eigenvalue weighted by molar-refractivity contribution is 4.96. The molecule has 0 amide bonds. The molecule has 1 N–H and O–H groups in total. The van der Waals surface area contributed by atoms with Crippen LogP contribution in [-0.4, -0.2) is 34.2 Å².